The molecule has 2 fully saturated rings. The molecule has 0 aromatic carbocycles. The van der Waals surface area contributed by atoms with Gasteiger partial charge in [-0.15, -0.1) is 0 Å². The highest BCUT2D eigenvalue weighted by molar-refractivity contribution is 6.08. The molecule has 1 saturated heterocycles. The highest BCUT2D eigenvalue weighted by atomic mass is 16.2. The molecule has 2 rings (SSSR count). The minimum absolute atomic E-state index is 0.115. The molecule has 2 aliphatic rings. The lowest BCUT2D eigenvalue weighted by Crippen LogP contribution is -2.46. The van der Waals surface area contributed by atoms with Gasteiger partial charge in [-0.1, -0.05) is 32.6 Å². The maximum absolute atomic E-state index is 12.5. The van der Waals surface area contributed by atoms with E-state index >= 15 is 0 Å². The number of rotatable bonds is 9. The third-order valence-corrected chi connectivity index (χ3v) is 4.89. The monoisotopic (exact) mass is 323 g/mol. The average molecular weight is 323 g/mol. The number of amides is 4. The summed E-state index contributed by atoms with van der Waals surface area (Å²) < 4.78 is 0. The van der Waals surface area contributed by atoms with Crippen molar-refractivity contribution in [2.45, 2.75) is 77.3 Å². The molecule has 130 valence electrons. The molecular weight excluding hydrogens is 294 g/mol. The Bertz CT molecular complexity index is 476. The Morgan fingerprint density at radius 2 is 2.04 bits per heavy atom. The molecule has 0 aromatic rings. The molecule has 23 heavy (non-hydrogen) atoms. The molecule has 6 nitrogen and oxygen atoms in total. The van der Waals surface area contributed by atoms with E-state index < -0.39 is 11.6 Å². The summed E-state index contributed by atoms with van der Waals surface area (Å²) in [4.78, 5) is 37.7. The van der Waals surface area contributed by atoms with Crippen LogP contribution < -0.4 is 10.6 Å². The predicted octanol–water partition coefficient (Wildman–Crippen LogP) is 2.18. The highest BCUT2D eigenvalue weighted by Crippen LogP contribution is 2.32. The molecule has 2 N–H and O–H groups in total. The molecule has 4 amide bonds. The summed E-state index contributed by atoms with van der Waals surface area (Å²) in [5, 5.41) is 5.64. The largest absolute Gasteiger partial charge is 0.352 e. The summed E-state index contributed by atoms with van der Waals surface area (Å²) in [7, 11) is 0. The normalized spacial score (nSPS) is 25.4. The zero-order chi connectivity index (χ0) is 17.0. The second-order valence-electron chi connectivity index (χ2n) is 7.16. The molecule has 2 unspecified atom stereocenters. The van der Waals surface area contributed by atoms with Crippen molar-refractivity contribution in [2.24, 2.45) is 5.92 Å². The summed E-state index contributed by atoms with van der Waals surface area (Å²) in [5.41, 5.74) is -0.868. The van der Waals surface area contributed by atoms with Gasteiger partial charge in [-0.3, -0.25) is 14.5 Å². The first kappa shape index (κ1) is 17.8. The van der Waals surface area contributed by atoms with Gasteiger partial charge in [0.25, 0.3) is 5.91 Å². The highest BCUT2D eigenvalue weighted by Gasteiger charge is 2.47. The molecule has 0 radical (unpaired) electrons. The van der Waals surface area contributed by atoms with E-state index in [1.54, 1.807) is 6.92 Å². The van der Waals surface area contributed by atoms with Crippen LogP contribution in [-0.2, 0) is 9.59 Å². The van der Waals surface area contributed by atoms with Gasteiger partial charge in [0.2, 0.25) is 5.91 Å². The molecule has 0 bridgehead atoms. The molecule has 1 aliphatic heterocycles. The van der Waals surface area contributed by atoms with Gasteiger partial charge in [-0.2, -0.15) is 0 Å². The van der Waals surface area contributed by atoms with Gasteiger partial charge in [0.15, 0.2) is 0 Å². The van der Waals surface area contributed by atoms with Gasteiger partial charge < -0.3 is 10.6 Å². The maximum atomic E-state index is 12.5. The van der Waals surface area contributed by atoms with Crippen LogP contribution in [0.3, 0.4) is 0 Å². The van der Waals surface area contributed by atoms with E-state index in [9.17, 15) is 14.4 Å². The molecule has 0 spiro atoms. The topological polar surface area (TPSA) is 78.5 Å². The second-order valence-corrected chi connectivity index (χ2v) is 7.16. The third-order valence-electron chi connectivity index (χ3n) is 4.89. The molecule has 1 aliphatic carbocycles. The van der Waals surface area contributed by atoms with Gasteiger partial charge >= 0.3 is 6.03 Å². The Hall–Kier alpha value is -1.59. The average Bonchev–Trinajstić information content (AvgIpc) is 3.30. The molecule has 0 aromatic heterocycles. The molecule has 1 saturated carbocycles. The number of urea groups is 1. The number of nitrogens with one attached hydrogen (secondary N) is 2. The zero-order valence-corrected chi connectivity index (χ0v) is 14.5. The number of imide groups is 1. The van der Waals surface area contributed by atoms with Crippen LogP contribution in [-0.4, -0.2) is 40.9 Å². The minimum Gasteiger partial charge on any atom is -0.352 e. The van der Waals surface area contributed by atoms with Crippen molar-refractivity contribution in [1.82, 2.24) is 15.5 Å². The van der Waals surface area contributed by atoms with Crippen LogP contribution in [0.4, 0.5) is 4.79 Å². The van der Waals surface area contributed by atoms with E-state index in [-0.39, 0.29) is 24.4 Å². The maximum Gasteiger partial charge on any atom is 0.325 e. The Kier molecular flexibility index (Phi) is 5.65. The van der Waals surface area contributed by atoms with Gasteiger partial charge in [0.1, 0.15) is 12.1 Å². The van der Waals surface area contributed by atoms with Gasteiger partial charge in [-0.25, -0.2) is 4.79 Å². The first-order valence-electron chi connectivity index (χ1n) is 8.81. The Morgan fingerprint density at radius 3 is 2.65 bits per heavy atom. The summed E-state index contributed by atoms with van der Waals surface area (Å²) in [6, 6.07) is -0.342. The fraction of sp³-hybridized carbons (Fsp3) is 0.824. The Labute approximate surface area is 138 Å². The lowest BCUT2D eigenvalue weighted by Gasteiger charge is -2.21. The number of hydrogen-bond donors (Lipinski definition) is 2. The van der Waals surface area contributed by atoms with Crippen molar-refractivity contribution in [1.29, 1.82) is 0 Å². The quantitative estimate of drug-likeness (QED) is 0.504. The lowest BCUT2D eigenvalue weighted by atomic mass is 9.94. The van der Waals surface area contributed by atoms with Crippen LogP contribution in [0.2, 0.25) is 0 Å². The van der Waals surface area contributed by atoms with Crippen molar-refractivity contribution < 1.29 is 14.4 Å². The second kappa shape index (κ2) is 7.32. The summed E-state index contributed by atoms with van der Waals surface area (Å²) in [6.07, 6.45) is 7.10. The standard InChI is InChI=1S/C17H29N3O3/c1-4-5-6-7-10-17(3)15(22)20(16(23)19-17)11-14(21)18-12(2)13-8-9-13/h12-13H,4-11H2,1-3H3,(H,18,21)(H,19,23). The Balaban J connectivity index is 1.85. The van der Waals surface area contributed by atoms with Gasteiger partial charge in [0.05, 0.1) is 0 Å². The molecular formula is C17H29N3O3. The first-order valence-corrected chi connectivity index (χ1v) is 8.81. The van der Waals surface area contributed by atoms with Crippen molar-refractivity contribution >= 4 is 17.8 Å². The summed E-state index contributed by atoms with van der Waals surface area (Å²) in [5.74, 6) is 0.00208. The van der Waals surface area contributed by atoms with Crippen LogP contribution in [0.1, 0.15) is 65.7 Å². The number of unbranched alkanes of at least 4 members (excludes halogenated alkanes) is 3. The van der Waals surface area contributed by atoms with Crippen molar-refractivity contribution in [3.05, 3.63) is 0 Å². The summed E-state index contributed by atoms with van der Waals surface area (Å²) in [6.45, 7) is 5.67. The van der Waals surface area contributed by atoms with Crippen LogP contribution in [0, 0.1) is 5.92 Å². The zero-order valence-electron chi connectivity index (χ0n) is 14.5. The lowest BCUT2D eigenvalue weighted by molar-refractivity contribution is -0.135. The smallest absolute Gasteiger partial charge is 0.325 e. The SMILES string of the molecule is CCCCCCC1(C)NC(=O)N(CC(=O)NC(C)C2CC2)C1=O. The van der Waals surface area contributed by atoms with E-state index in [2.05, 4.69) is 17.6 Å². The van der Waals surface area contributed by atoms with Gasteiger partial charge in [0, 0.05) is 6.04 Å². The van der Waals surface area contributed by atoms with Crippen LogP contribution in [0.5, 0.6) is 0 Å². The molecule has 2 atom stereocenters. The van der Waals surface area contributed by atoms with Gasteiger partial charge in [-0.05, 0) is 39.0 Å². The predicted molar refractivity (Wildman–Crippen MR) is 87.7 cm³/mol. The molecule has 1 heterocycles. The Morgan fingerprint density at radius 1 is 1.35 bits per heavy atom. The van der Waals surface area contributed by atoms with Crippen molar-refractivity contribution in [2.75, 3.05) is 6.54 Å². The first-order chi connectivity index (χ1) is 10.9. The summed E-state index contributed by atoms with van der Waals surface area (Å²) >= 11 is 0. The minimum atomic E-state index is -0.868. The van der Waals surface area contributed by atoms with E-state index in [4.69, 9.17) is 0 Å². The van der Waals surface area contributed by atoms with E-state index in [1.165, 1.54) is 0 Å². The van der Waals surface area contributed by atoms with Crippen molar-refractivity contribution in [3.8, 4) is 0 Å². The number of carbonyl (C=O) groups is 3. The van der Waals surface area contributed by atoms with Crippen LogP contribution in [0.25, 0.3) is 0 Å². The fourth-order valence-corrected chi connectivity index (χ4v) is 3.12. The van der Waals surface area contributed by atoms with Crippen LogP contribution in [0.15, 0.2) is 0 Å². The number of carbonyl (C=O) groups excluding carboxylic acids is 3. The molecule has 6 heteroatoms. The van der Waals surface area contributed by atoms with E-state index in [0.29, 0.717) is 12.3 Å². The number of hydrogen-bond acceptors (Lipinski definition) is 3. The van der Waals surface area contributed by atoms with E-state index in [1.807, 2.05) is 6.92 Å². The number of nitrogens with zero attached hydrogens (tertiary/aromatic N) is 1. The fourth-order valence-electron chi connectivity index (χ4n) is 3.12. The van der Waals surface area contributed by atoms with E-state index in [0.717, 1.165) is 43.4 Å². The third kappa shape index (κ3) is 4.45. The van der Waals surface area contributed by atoms with Crippen LogP contribution >= 0.6 is 0 Å². The van der Waals surface area contributed by atoms with Crippen molar-refractivity contribution in [3.63, 3.8) is 0 Å².